The quantitative estimate of drug-likeness (QED) is 0.724. The molecule has 0 radical (unpaired) electrons. The molecule has 0 aliphatic carbocycles. The van der Waals surface area contributed by atoms with Crippen molar-refractivity contribution in [3.63, 3.8) is 0 Å². The Kier molecular flexibility index (Phi) is 3.93. The van der Waals surface area contributed by atoms with Crippen molar-refractivity contribution >= 4 is 5.91 Å². The first-order chi connectivity index (χ1) is 6.52. The molecule has 0 bridgehead atoms. The van der Waals surface area contributed by atoms with Crippen LogP contribution in [0.15, 0.2) is 0 Å². The van der Waals surface area contributed by atoms with Crippen molar-refractivity contribution in [2.45, 2.75) is 45.7 Å². The van der Waals surface area contributed by atoms with E-state index < -0.39 is 0 Å². The normalized spacial score (nSPS) is 27.8. The summed E-state index contributed by atoms with van der Waals surface area (Å²) >= 11 is 0. The maximum Gasteiger partial charge on any atom is 0.239 e. The highest BCUT2D eigenvalue weighted by Crippen LogP contribution is 2.16. The largest absolute Gasteiger partial charge is 0.342 e. The first-order valence-electron chi connectivity index (χ1n) is 5.52. The van der Waals surface area contributed by atoms with Crippen LogP contribution in [0.5, 0.6) is 0 Å². The van der Waals surface area contributed by atoms with Gasteiger partial charge in [-0.3, -0.25) is 4.79 Å². The molecule has 82 valence electrons. The highest BCUT2D eigenvalue weighted by molar-refractivity contribution is 5.82. The highest BCUT2D eigenvalue weighted by atomic mass is 16.2. The van der Waals surface area contributed by atoms with Crippen molar-refractivity contribution in [1.29, 1.82) is 0 Å². The third kappa shape index (κ3) is 2.71. The van der Waals surface area contributed by atoms with Crippen LogP contribution in [0.2, 0.25) is 0 Å². The minimum absolute atomic E-state index is 0.0474. The Balaban J connectivity index is 2.51. The standard InChI is InChI=1S/C11H22N2O/c1-8(2)13(4)11(14)10-7-9(3)5-6-12-10/h8-10,12H,5-7H2,1-4H3. The fourth-order valence-corrected chi connectivity index (χ4v) is 1.80. The number of nitrogens with zero attached hydrogens (tertiary/aromatic N) is 1. The van der Waals surface area contributed by atoms with Crippen LogP contribution in [-0.4, -0.2) is 36.5 Å². The summed E-state index contributed by atoms with van der Waals surface area (Å²) in [7, 11) is 1.88. The van der Waals surface area contributed by atoms with Crippen molar-refractivity contribution in [3.8, 4) is 0 Å². The Morgan fingerprint density at radius 1 is 1.50 bits per heavy atom. The summed E-state index contributed by atoms with van der Waals surface area (Å²) in [5.74, 6) is 0.914. The molecule has 1 saturated heterocycles. The Labute approximate surface area is 86.9 Å². The molecule has 1 amide bonds. The van der Waals surface area contributed by atoms with Gasteiger partial charge in [-0.05, 0) is 39.2 Å². The average Bonchev–Trinajstić information content (AvgIpc) is 2.15. The molecular weight excluding hydrogens is 176 g/mol. The molecule has 3 nitrogen and oxygen atoms in total. The van der Waals surface area contributed by atoms with Crippen LogP contribution in [0.3, 0.4) is 0 Å². The second-order valence-corrected chi connectivity index (χ2v) is 4.68. The summed E-state index contributed by atoms with van der Waals surface area (Å²) in [4.78, 5) is 13.8. The molecule has 1 aliphatic heterocycles. The Hall–Kier alpha value is -0.570. The molecule has 1 rings (SSSR count). The van der Waals surface area contributed by atoms with Gasteiger partial charge in [0.15, 0.2) is 0 Å². The van der Waals surface area contributed by atoms with E-state index in [0.717, 1.165) is 13.0 Å². The van der Waals surface area contributed by atoms with Gasteiger partial charge in [0.05, 0.1) is 6.04 Å². The molecule has 0 aromatic carbocycles. The van der Waals surface area contributed by atoms with E-state index in [2.05, 4.69) is 12.2 Å². The molecule has 1 heterocycles. The minimum Gasteiger partial charge on any atom is -0.342 e. The van der Waals surface area contributed by atoms with Crippen LogP contribution >= 0.6 is 0 Å². The van der Waals surface area contributed by atoms with Crippen LogP contribution in [0.4, 0.5) is 0 Å². The fraction of sp³-hybridized carbons (Fsp3) is 0.909. The molecule has 14 heavy (non-hydrogen) atoms. The van der Waals surface area contributed by atoms with E-state index in [1.54, 1.807) is 0 Å². The van der Waals surface area contributed by atoms with Crippen LogP contribution in [0.25, 0.3) is 0 Å². The molecular formula is C11H22N2O. The Morgan fingerprint density at radius 3 is 2.64 bits per heavy atom. The van der Waals surface area contributed by atoms with Crippen LogP contribution in [0.1, 0.15) is 33.6 Å². The van der Waals surface area contributed by atoms with Gasteiger partial charge in [-0.2, -0.15) is 0 Å². The van der Waals surface area contributed by atoms with Crippen molar-refractivity contribution in [2.75, 3.05) is 13.6 Å². The zero-order valence-electron chi connectivity index (χ0n) is 9.71. The number of amides is 1. The maximum absolute atomic E-state index is 11.9. The van der Waals surface area contributed by atoms with Gasteiger partial charge in [-0.15, -0.1) is 0 Å². The summed E-state index contributed by atoms with van der Waals surface area (Å²) in [6.07, 6.45) is 2.17. The number of rotatable bonds is 2. The molecule has 0 aromatic rings. The summed E-state index contributed by atoms with van der Waals surface area (Å²) in [6.45, 7) is 7.29. The molecule has 2 atom stereocenters. The molecule has 1 fully saturated rings. The van der Waals surface area contributed by atoms with E-state index in [4.69, 9.17) is 0 Å². The SMILES string of the molecule is CC1CCNC(C(=O)N(C)C(C)C)C1. The van der Waals surface area contributed by atoms with Crippen molar-refractivity contribution < 1.29 is 4.79 Å². The first-order valence-corrected chi connectivity index (χ1v) is 5.52. The first kappa shape index (κ1) is 11.5. The third-order valence-electron chi connectivity index (χ3n) is 3.09. The van der Waals surface area contributed by atoms with Gasteiger partial charge < -0.3 is 10.2 Å². The number of nitrogens with one attached hydrogen (secondary N) is 1. The lowest BCUT2D eigenvalue weighted by Crippen LogP contribution is -2.50. The molecule has 0 saturated carbocycles. The monoisotopic (exact) mass is 198 g/mol. The second kappa shape index (κ2) is 4.78. The predicted molar refractivity (Wildman–Crippen MR) is 58.1 cm³/mol. The van der Waals surface area contributed by atoms with Gasteiger partial charge in [-0.1, -0.05) is 6.92 Å². The van der Waals surface area contributed by atoms with Gasteiger partial charge in [0.25, 0.3) is 0 Å². The van der Waals surface area contributed by atoms with E-state index in [-0.39, 0.29) is 11.9 Å². The third-order valence-corrected chi connectivity index (χ3v) is 3.09. The van der Waals surface area contributed by atoms with E-state index in [1.165, 1.54) is 6.42 Å². The van der Waals surface area contributed by atoms with Crippen LogP contribution in [-0.2, 0) is 4.79 Å². The van der Waals surface area contributed by atoms with Crippen LogP contribution < -0.4 is 5.32 Å². The molecule has 3 heteroatoms. The lowest BCUT2D eigenvalue weighted by atomic mass is 9.93. The minimum atomic E-state index is 0.0474. The molecule has 2 unspecified atom stereocenters. The molecule has 1 aliphatic rings. The molecule has 0 aromatic heterocycles. The average molecular weight is 198 g/mol. The number of hydrogen-bond donors (Lipinski definition) is 1. The summed E-state index contributed by atoms with van der Waals surface area (Å²) in [5.41, 5.74) is 0. The number of piperidine rings is 1. The lowest BCUT2D eigenvalue weighted by molar-refractivity contribution is -0.134. The van der Waals surface area contributed by atoms with E-state index in [1.807, 2.05) is 25.8 Å². The Bertz CT molecular complexity index is 203. The number of carbonyl (C=O) groups is 1. The van der Waals surface area contributed by atoms with Gasteiger partial charge in [0.2, 0.25) is 5.91 Å². The number of likely N-dealkylation sites (N-methyl/N-ethyl adjacent to an activating group) is 1. The second-order valence-electron chi connectivity index (χ2n) is 4.68. The summed E-state index contributed by atoms with van der Waals surface area (Å²) in [5, 5.41) is 3.29. The lowest BCUT2D eigenvalue weighted by Gasteiger charge is -2.32. The number of hydrogen-bond acceptors (Lipinski definition) is 2. The maximum atomic E-state index is 11.9. The van der Waals surface area contributed by atoms with E-state index in [0.29, 0.717) is 12.0 Å². The van der Waals surface area contributed by atoms with Crippen LogP contribution in [0, 0.1) is 5.92 Å². The Morgan fingerprint density at radius 2 is 2.14 bits per heavy atom. The summed E-state index contributed by atoms with van der Waals surface area (Å²) < 4.78 is 0. The van der Waals surface area contributed by atoms with Gasteiger partial charge in [0.1, 0.15) is 0 Å². The van der Waals surface area contributed by atoms with E-state index in [9.17, 15) is 4.79 Å². The predicted octanol–water partition coefficient (Wildman–Crippen LogP) is 1.24. The highest BCUT2D eigenvalue weighted by Gasteiger charge is 2.27. The zero-order valence-corrected chi connectivity index (χ0v) is 9.71. The van der Waals surface area contributed by atoms with Gasteiger partial charge >= 0.3 is 0 Å². The number of carbonyl (C=O) groups excluding carboxylic acids is 1. The topological polar surface area (TPSA) is 32.3 Å². The van der Waals surface area contributed by atoms with Gasteiger partial charge in [-0.25, -0.2) is 0 Å². The fourth-order valence-electron chi connectivity index (χ4n) is 1.80. The van der Waals surface area contributed by atoms with E-state index >= 15 is 0 Å². The van der Waals surface area contributed by atoms with Gasteiger partial charge in [0, 0.05) is 13.1 Å². The summed E-state index contributed by atoms with van der Waals surface area (Å²) in [6, 6.07) is 0.340. The van der Waals surface area contributed by atoms with Crippen molar-refractivity contribution in [1.82, 2.24) is 10.2 Å². The zero-order chi connectivity index (χ0) is 10.7. The van der Waals surface area contributed by atoms with Crippen molar-refractivity contribution in [2.24, 2.45) is 5.92 Å². The smallest absolute Gasteiger partial charge is 0.239 e. The molecule has 1 N–H and O–H groups in total. The van der Waals surface area contributed by atoms with Crippen molar-refractivity contribution in [3.05, 3.63) is 0 Å². The molecule has 0 spiro atoms.